The number of nitrogens with two attached hydrogens (primary N) is 1. The SMILES string of the molecule is Cc1ccc(C2CCC(N)(CO)C2)cc1. The van der Waals surface area contributed by atoms with Crippen molar-refractivity contribution in [3.8, 4) is 0 Å². The summed E-state index contributed by atoms with van der Waals surface area (Å²) in [5.74, 6) is 0.530. The van der Waals surface area contributed by atoms with E-state index in [4.69, 9.17) is 5.73 Å². The molecule has 1 aliphatic carbocycles. The van der Waals surface area contributed by atoms with Crippen LogP contribution in [0.2, 0.25) is 0 Å². The van der Waals surface area contributed by atoms with Crippen LogP contribution in [-0.4, -0.2) is 17.3 Å². The van der Waals surface area contributed by atoms with E-state index < -0.39 is 0 Å². The van der Waals surface area contributed by atoms with E-state index in [-0.39, 0.29) is 12.1 Å². The van der Waals surface area contributed by atoms with Gasteiger partial charge in [0.15, 0.2) is 0 Å². The van der Waals surface area contributed by atoms with Gasteiger partial charge in [0, 0.05) is 5.54 Å². The summed E-state index contributed by atoms with van der Waals surface area (Å²) < 4.78 is 0. The molecule has 0 spiro atoms. The minimum atomic E-state index is -0.338. The van der Waals surface area contributed by atoms with E-state index in [1.54, 1.807) is 0 Å². The van der Waals surface area contributed by atoms with Gasteiger partial charge in [-0.2, -0.15) is 0 Å². The van der Waals surface area contributed by atoms with Gasteiger partial charge in [0.1, 0.15) is 0 Å². The third-order valence-corrected chi connectivity index (χ3v) is 3.51. The summed E-state index contributed by atoms with van der Waals surface area (Å²) in [6.07, 6.45) is 2.94. The number of aliphatic hydroxyl groups is 1. The molecule has 0 heterocycles. The Balaban J connectivity index is 2.11. The lowest BCUT2D eigenvalue weighted by atomic mass is 9.93. The number of aliphatic hydroxyl groups excluding tert-OH is 1. The highest BCUT2D eigenvalue weighted by Crippen LogP contribution is 2.39. The maximum atomic E-state index is 9.21. The van der Waals surface area contributed by atoms with Crippen LogP contribution in [0.15, 0.2) is 24.3 Å². The highest BCUT2D eigenvalue weighted by atomic mass is 16.3. The fourth-order valence-corrected chi connectivity index (χ4v) is 2.42. The van der Waals surface area contributed by atoms with Crippen LogP contribution in [0.4, 0.5) is 0 Å². The molecule has 0 amide bonds. The smallest absolute Gasteiger partial charge is 0.0611 e. The molecule has 3 N–H and O–H groups in total. The van der Waals surface area contributed by atoms with Gasteiger partial charge in [0.05, 0.1) is 6.61 Å². The predicted molar refractivity (Wildman–Crippen MR) is 61.8 cm³/mol. The van der Waals surface area contributed by atoms with E-state index in [0.717, 1.165) is 19.3 Å². The van der Waals surface area contributed by atoms with Gasteiger partial charge in [-0.1, -0.05) is 29.8 Å². The molecule has 0 radical (unpaired) electrons. The summed E-state index contributed by atoms with van der Waals surface area (Å²) >= 11 is 0. The lowest BCUT2D eigenvalue weighted by Crippen LogP contribution is -2.40. The van der Waals surface area contributed by atoms with Crippen LogP contribution in [0.5, 0.6) is 0 Å². The largest absolute Gasteiger partial charge is 0.394 e. The molecule has 0 saturated heterocycles. The van der Waals surface area contributed by atoms with Crippen molar-refractivity contribution in [2.24, 2.45) is 5.73 Å². The zero-order valence-electron chi connectivity index (χ0n) is 9.24. The maximum absolute atomic E-state index is 9.21. The molecule has 1 fully saturated rings. The first-order valence-corrected chi connectivity index (χ1v) is 5.59. The fraction of sp³-hybridized carbons (Fsp3) is 0.538. The average molecular weight is 205 g/mol. The monoisotopic (exact) mass is 205 g/mol. The van der Waals surface area contributed by atoms with E-state index >= 15 is 0 Å². The van der Waals surface area contributed by atoms with Gasteiger partial charge < -0.3 is 10.8 Å². The summed E-state index contributed by atoms with van der Waals surface area (Å²) in [4.78, 5) is 0. The summed E-state index contributed by atoms with van der Waals surface area (Å²) in [5.41, 5.74) is 8.38. The van der Waals surface area contributed by atoms with E-state index in [1.807, 2.05) is 0 Å². The minimum absolute atomic E-state index is 0.107. The van der Waals surface area contributed by atoms with Crippen LogP contribution in [-0.2, 0) is 0 Å². The normalized spacial score (nSPS) is 30.7. The molecule has 1 aliphatic rings. The Morgan fingerprint density at radius 2 is 2.07 bits per heavy atom. The first-order chi connectivity index (χ1) is 7.13. The minimum Gasteiger partial charge on any atom is -0.394 e. The second-order valence-electron chi connectivity index (χ2n) is 4.87. The van der Waals surface area contributed by atoms with Crippen LogP contribution in [0.1, 0.15) is 36.3 Å². The van der Waals surface area contributed by atoms with Gasteiger partial charge in [-0.05, 0) is 37.7 Å². The summed E-state index contributed by atoms with van der Waals surface area (Å²) in [5, 5.41) is 9.21. The molecule has 1 aromatic carbocycles. The van der Waals surface area contributed by atoms with Crippen molar-refractivity contribution in [1.29, 1.82) is 0 Å². The second-order valence-corrected chi connectivity index (χ2v) is 4.87. The van der Waals surface area contributed by atoms with Crippen molar-refractivity contribution in [2.45, 2.75) is 37.6 Å². The maximum Gasteiger partial charge on any atom is 0.0611 e. The molecule has 82 valence electrons. The highest BCUT2D eigenvalue weighted by Gasteiger charge is 2.35. The van der Waals surface area contributed by atoms with E-state index in [1.165, 1.54) is 11.1 Å². The van der Waals surface area contributed by atoms with Gasteiger partial charge in [-0.15, -0.1) is 0 Å². The Morgan fingerprint density at radius 1 is 1.40 bits per heavy atom. The number of benzene rings is 1. The van der Waals surface area contributed by atoms with Gasteiger partial charge in [0.2, 0.25) is 0 Å². The Morgan fingerprint density at radius 3 is 2.60 bits per heavy atom. The van der Waals surface area contributed by atoms with Crippen LogP contribution >= 0.6 is 0 Å². The summed E-state index contributed by atoms with van der Waals surface area (Å²) in [7, 11) is 0. The molecule has 15 heavy (non-hydrogen) atoms. The van der Waals surface area contributed by atoms with Crippen LogP contribution in [0, 0.1) is 6.92 Å². The van der Waals surface area contributed by atoms with Crippen molar-refractivity contribution in [3.63, 3.8) is 0 Å². The fourth-order valence-electron chi connectivity index (χ4n) is 2.42. The zero-order chi connectivity index (χ0) is 10.9. The Kier molecular flexibility index (Phi) is 2.81. The molecule has 2 heteroatoms. The standard InChI is InChI=1S/C13H19NO/c1-10-2-4-11(5-3-10)12-6-7-13(14,8-12)9-15/h2-5,12,15H,6-9,14H2,1H3. The molecule has 2 unspecified atom stereocenters. The quantitative estimate of drug-likeness (QED) is 0.775. The van der Waals surface area contributed by atoms with Crippen molar-refractivity contribution >= 4 is 0 Å². The molecule has 0 aliphatic heterocycles. The Bertz CT molecular complexity index is 333. The summed E-state index contributed by atoms with van der Waals surface area (Å²) in [6, 6.07) is 8.65. The average Bonchev–Trinajstić information content (AvgIpc) is 2.63. The van der Waals surface area contributed by atoms with Crippen LogP contribution < -0.4 is 5.73 Å². The van der Waals surface area contributed by atoms with Crippen molar-refractivity contribution in [2.75, 3.05) is 6.61 Å². The van der Waals surface area contributed by atoms with E-state index in [0.29, 0.717) is 5.92 Å². The number of aryl methyl sites for hydroxylation is 1. The van der Waals surface area contributed by atoms with Crippen LogP contribution in [0.25, 0.3) is 0 Å². The van der Waals surface area contributed by atoms with Crippen LogP contribution in [0.3, 0.4) is 0 Å². The third-order valence-electron chi connectivity index (χ3n) is 3.51. The second kappa shape index (κ2) is 3.95. The van der Waals surface area contributed by atoms with E-state index in [9.17, 15) is 5.11 Å². The Labute approximate surface area is 91.1 Å². The molecule has 0 bridgehead atoms. The van der Waals surface area contributed by atoms with Gasteiger partial charge >= 0.3 is 0 Å². The zero-order valence-corrected chi connectivity index (χ0v) is 9.24. The molecule has 0 aromatic heterocycles. The lowest BCUT2D eigenvalue weighted by molar-refractivity contribution is 0.198. The molecule has 2 atom stereocenters. The molecule has 1 saturated carbocycles. The molecule has 1 aromatic rings. The number of hydrogen-bond acceptors (Lipinski definition) is 2. The molecular formula is C13H19NO. The van der Waals surface area contributed by atoms with Gasteiger partial charge in [-0.25, -0.2) is 0 Å². The number of rotatable bonds is 2. The topological polar surface area (TPSA) is 46.2 Å². The first-order valence-electron chi connectivity index (χ1n) is 5.59. The first kappa shape index (κ1) is 10.7. The Hall–Kier alpha value is -0.860. The lowest BCUT2D eigenvalue weighted by Gasteiger charge is -2.20. The number of hydrogen-bond donors (Lipinski definition) is 2. The van der Waals surface area contributed by atoms with Crippen molar-refractivity contribution in [3.05, 3.63) is 35.4 Å². The molecule has 2 nitrogen and oxygen atoms in total. The van der Waals surface area contributed by atoms with Crippen molar-refractivity contribution < 1.29 is 5.11 Å². The van der Waals surface area contributed by atoms with Gasteiger partial charge in [0.25, 0.3) is 0 Å². The summed E-state index contributed by atoms with van der Waals surface area (Å²) in [6.45, 7) is 2.20. The van der Waals surface area contributed by atoms with E-state index in [2.05, 4.69) is 31.2 Å². The molecule has 2 rings (SSSR count). The van der Waals surface area contributed by atoms with Gasteiger partial charge in [-0.3, -0.25) is 0 Å². The third kappa shape index (κ3) is 2.21. The van der Waals surface area contributed by atoms with Crippen molar-refractivity contribution in [1.82, 2.24) is 0 Å². The molecular weight excluding hydrogens is 186 g/mol. The highest BCUT2D eigenvalue weighted by molar-refractivity contribution is 5.26. The predicted octanol–water partition coefficient (Wildman–Crippen LogP) is 1.95.